The lowest BCUT2D eigenvalue weighted by Gasteiger charge is -2.12. The van der Waals surface area contributed by atoms with Gasteiger partial charge in [-0.2, -0.15) is 4.53 Å². The monoisotopic (exact) mass is 122 g/mol. The molecule has 0 saturated carbocycles. The number of hydrazine groups is 1. The molecule has 0 aliphatic rings. The Kier molecular flexibility index (Phi) is 3.34. The fourth-order valence-electron chi connectivity index (χ4n) is 0.174. The molecule has 0 saturated heterocycles. The molecule has 1 atom stereocenters. The molecule has 1 unspecified atom stereocenters. The minimum Gasteiger partial charge on any atom is -0.254 e. The summed E-state index contributed by atoms with van der Waals surface area (Å²) in [6.45, 7) is 4.00. The van der Waals surface area contributed by atoms with Gasteiger partial charge < -0.3 is 0 Å². The molecule has 0 rings (SSSR count). The number of rotatable bonds is 2. The van der Waals surface area contributed by atoms with Crippen molar-refractivity contribution in [3.63, 3.8) is 0 Å². The zero-order chi connectivity index (χ0) is 5.86. The average molecular weight is 123 g/mol. The van der Waals surface area contributed by atoms with Crippen molar-refractivity contribution in [2.75, 3.05) is 0 Å². The van der Waals surface area contributed by atoms with Crippen molar-refractivity contribution in [1.82, 2.24) is 4.53 Å². The summed E-state index contributed by atoms with van der Waals surface area (Å²) in [6, 6.07) is 0.279. The summed E-state index contributed by atoms with van der Waals surface area (Å²) in [7, 11) is 0. The first-order chi connectivity index (χ1) is 3.18. The van der Waals surface area contributed by atoms with Gasteiger partial charge in [-0.25, -0.2) is 0 Å². The first kappa shape index (κ1) is 7.21. The summed E-state index contributed by atoms with van der Waals surface area (Å²) >= 11 is 5.34. The Balaban J connectivity index is 3.14. The van der Waals surface area contributed by atoms with Gasteiger partial charge in [-0.05, 0) is 25.1 Å². The fraction of sp³-hybridized carbons (Fsp3) is 1.00. The van der Waals surface area contributed by atoms with E-state index in [-0.39, 0.29) is 6.04 Å². The summed E-state index contributed by atoms with van der Waals surface area (Å²) in [5.74, 6) is 5.15. The Labute approximate surface area is 49.3 Å². The Morgan fingerprint density at radius 1 is 1.86 bits per heavy atom. The number of halogens is 1. The van der Waals surface area contributed by atoms with Crippen molar-refractivity contribution in [1.29, 1.82) is 0 Å². The zero-order valence-electron chi connectivity index (χ0n) is 4.69. The van der Waals surface area contributed by atoms with E-state index >= 15 is 0 Å². The van der Waals surface area contributed by atoms with Crippen LogP contribution in [-0.2, 0) is 0 Å². The van der Waals surface area contributed by atoms with Gasteiger partial charge in [-0.3, -0.25) is 5.84 Å². The van der Waals surface area contributed by atoms with E-state index < -0.39 is 0 Å². The highest BCUT2D eigenvalue weighted by molar-refractivity contribution is 6.13. The second-order valence-corrected chi connectivity index (χ2v) is 1.99. The van der Waals surface area contributed by atoms with Crippen molar-refractivity contribution in [2.45, 2.75) is 26.3 Å². The third kappa shape index (κ3) is 2.85. The molecule has 0 amide bonds. The van der Waals surface area contributed by atoms with Crippen LogP contribution in [0.3, 0.4) is 0 Å². The molecule has 0 spiro atoms. The minimum atomic E-state index is 0.279. The van der Waals surface area contributed by atoms with Crippen LogP contribution in [0.2, 0.25) is 0 Å². The van der Waals surface area contributed by atoms with Gasteiger partial charge in [0.2, 0.25) is 0 Å². The summed E-state index contributed by atoms with van der Waals surface area (Å²) < 4.78 is 1.19. The van der Waals surface area contributed by atoms with Crippen molar-refractivity contribution < 1.29 is 0 Å². The van der Waals surface area contributed by atoms with Crippen molar-refractivity contribution in [3.8, 4) is 0 Å². The normalized spacial score (nSPS) is 15.0. The summed E-state index contributed by atoms with van der Waals surface area (Å²) in [5.41, 5.74) is 0. The van der Waals surface area contributed by atoms with E-state index in [2.05, 4.69) is 0 Å². The topological polar surface area (TPSA) is 29.3 Å². The molecule has 0 fully saturated rings. The second kappa shape index (κ2) is 3.24. The highest BCUT2D eigenvalue weighted by Crippen LogP contribution is 1.98. The van der Waals surface area contributed by atoms with Crippen LogP contribution < -0.4 is 5.84 Å². The molecule has 0 radical (unpaired) electrons. The summed E-state index contributed by atoms with van der Waals surface area (Å²) in [5, 5.41) is 0. The Hall–Kier alpha value is 0.210. The minimum absolute atomic E-state index is 0.279. The van der Waals surface area contributed by atoms with E-state index in [0.717, 1.165) is 6.42 Å². The molecular weight excluding hydrogens is 112 g/mol. The van der Waals surface area contributed by atoms with E-state index in [1.165, 1.54) is 4.53 Å². The number of nitrogens with two attached hydrogens (primary N) is 1. The molecule has 0 aliphatic heterocycles. The van der Waals surface area contributed by atoms with E-state index in [1.54, 1.807) is 0 Å². The summed E-state index contributed by atoms with van der Waals surface area (Å²) in [4.78, 5) is 0. The molecule has 2 nitrogen and oxygen atoms in total. The number of hydrogen-bond donors (Lipinski definition) is 1. The van der Waals surface area contributed by atoms with Crippen LogP contribution in [0.1, 0.15) is 20.3 Å². The average Bonchev–Trinajstić information content (AvgIpc) is 1.65. The molecule has 0 bridgehead atoms. The lowest BCUT2D eigenvalue weighted by molar-refractivity contribution is 0.364. The zero-order valence-corrected chi connectivity index (χ0v) is 5.44. The van der Waals surface area contributed by atoms with Crippen molar-refractivity contribution >= 4 is 11.8 Å². The lowest BCUT2D eigenvalue weighted by atomic mass is 10.3. The Morgan fingerprint density at radius 2 is 2.29 bits per heavy atom. The standard InChI is InChI=1S/C4H11ClN2/c1-3-4(2)7(5)6/h4H,3,6H2,1-2H3. The van der Waals surface area contributed by atoms with Crippen LogP contribution in [0, 0.1) is 0 Å². The van der Waals surface area contributed by atoms with Crippen molar-refractivity contribution in [3.05, 3.63) is 0 Å². The molecule has 0 aromatic heterocycles. The van der Waals surface area contributed by atoms with Gasteiger partial charge in [-0.15, -0.1) is 0 Å². The van der Waals surface area contributed by atoms with Crippen LogP contribution >= 0.6 is 11.8 Å². The van der Waals surface area contributed by atoms with Gasteiger partial charge in [0, 0.05) is 6.04 Å². The van der Waals surface area contributed by atoms with Crippen LogP contribution in [0.5, 0.6) is 0 Å². The number of nitrogens with zero attached hydrogens (tertiary/aromatic N) is 1. The van der Waals surface area contributed by atoms with Gasteiger partial charge in [-0.1, -0.05) is 6.92 Å². The van der Waals surface area contributed by atoms with Crippen molar-refractivity contribution in [2.24, 2.45) is 5.84 Å². The SMILES string of the molecule is CCC(C)N(N)Cl. The van der Waals surface area contributed by atoms with E-state index in [0.29, 0.717) is 0 Å². The summed E-state index contributed by atoms with van der Waals surface area (Å²) in [6.07, 6.45) is 0.986. The van der Waals surface area contributed by atoms with E-state index in [4.69, 9.17) is 17.6 Å². The molecule has 0 aliphatic carbocycles. The molecular formula is C4H11ClN2. The lowest BCUT2D eigenvalue weighted by Crippen LogP contribution is -2.29. The van der Waals surface area contributed by atoms with Crippen LogP contribution in [0.4, 0.5) is 0 Å². The predicted molar refractivity (Wildman–Crippen MR) is 31.6 cm³/mol. The highest BCUT2D eigenvalue weighted by Gasteiger charge is 2.00. The Morgan fingerprint density at radius 3 is 2.29 bits per heavy atom. The van der Waals surface area contributed by atoms with Gasteiger partial charge >= 0.3 is 0 Å². The van der Waals surface area contributed by atoms with Gasteiger partial charge in [0.25, 0.3) is 0 Å². The molecule has 7 heavy (non-hydrogen) atoms. The van der Waals surface area contributed by atoms with Gasteiger partial charge in [0.05, 0.1) is 0 Å². The maximum absolute atomic E-state index is 5.34. The molecule has 3 heteroatoms. The molecule has 0 aromatic rings. The van der Waals surface area contributed by atoms with Gasteiger partial charge in [0.1, 0.15) is 0 Å². The largest absolute Gasteiger partial charge is 0.254 e. The fourth-order valence-corrected chi connectivity index (χ4v) is 0.312. The van der Waals surface area contributed by atoms with E-state index in [9.17, 15) is 0 Å². The molecule has 2 N–H and O–H groups in total. The molecule has 0 heterocycles. The smallest absolute Gasteiger partial charge is 0.0374 e. The van der Waals surface area contributed by atoms with E-state index in [1.807, 2.05) is 13.8 Å². The second-order valence-electron chi connectivity index (χ2n) is 1.60. The maximum atomic E-state index is 5.34. The molecule has 44 valence electrons. The first-order valence-corrected chi connectivity index (χ1v) is 2.72. The van der Waals surface area contributed by atoms with Crippen LogP contribution in [0.15, 0.2) is 0 Å². The Bertz CT molecular complexity index is 47.0. The quantitative estimate of drug-likeness (QED) is 0.338. The third-order valence-corrected chi connectivity index (χ3v) is 1.35. The van der Waals surface area contributed by atoms with Crippen LogP contribution in [0.25, 0.3) is 0 Å². The van der Waals surface area contributed by atoms with Crippen LogP contribution in [-0.4, -0.2) is 10.6 Å². The number of hydrogen-bond acceptors (Lipinski definition) is 2. The first-order valence-electron chi connectivity index (χ1n) is 2.38. The third-order valence-electron chi connectivity index (χ3n) is 1.01. The van der Waals surface area contributed by atoms with Gasteiger partial charge in [0.15, 0.2) is 0 Å². The maximum Gasteiger partial charge on any atom is 0.0374 e. The highest BCUT2D eigenvalue weighted by atomic mass is 35.5. The molecule has 0 aromatic carbocycles. The predicted octanol–water partition coefficient (Wildman–Crippen LogP) is 1.11.